The van der Waals surface area contributed by atoms with Gasteiger partial charge in [0.2, 0.25) is 0 Å². The largest absolute Gasteiger partial charge is 0.462 e. The van der Waals surface area contributed by atoms with Crippen LogP contribution in [0.1, 0.15) is 64.9 Å². The molecule has 1 aromatic heterocycles. The summed E-state index contributed by atoms with van der Waals surface area (Å²) in [5.74, 6) is 1.93. The van der Waals surface area contributed by atoms with Crippen molar-refractivity contribution in [2.45, 2.75) is 78.7 Å². The van der Waals surface area contributed by atoms with E-state index in [0.717, 1.165) is 18.1 Å². The molecule has 1 fully saturated rings. The van der Waals surface area contributed by atoms with E-state index in [1.807, 2.05) is 12.1 Å². The Labute approximate surface area is 123 Å². The van der Waals surface area contributed by atoms with Crippen LogP contribution < -0.4 is 5.32 Å². The van der Waals surface area contributed by atoms with Gasteiger partial charge in [-0.2, -0.15) is 0 Å². The van der Waals surface area contributed by atoms with Crippen LogP contribution in [0.5, 0.6) is 0 Å². The Morgan fingerprint density at radius 1 is 1.25 bits per heavy atom. The van der Waals surface area contributed by atoms with Gasteiger partial charge in [0.1, 0.15) is 18.1 Å². The van der Waals surface area contributed by atoms with Crippen LogP contribution in [0.15, 0.2) is 16.5 Å². The van der Waals surface area contributed by atoms with E-state index >= 15 is 0 Å². The van der Waals surface area contributed by atoms with Crippen LogP contribution in [0.4, 0.5) is 0 Å². The predicted octanol–water partition coefficient (Wildman–Crippen LogP) is 4.26. The average molecular weight is 279 g/mol. The molecular weight excluding hydrogens is 250 g/mol. The lowest BCUT2D eigenvalue weighted by molar-refractivity contribution is -0.0123. The molecule has 114 valence electrons. The minimum absolute atomic E-state index is 0.408. The molecule has 1 N–H and O–H groups in total. The van der Waals surface area contributed by atoms with Crippen LogP contribution >= 0.6 is 0 Å². The first-order chi connectivity index (χ1) is 9.44. The fourth-order valence-electron chi connectivity index (χ4n) is 2.64. The minimum atomic E-state index is 0.408. The molecule has 0 aromatic carbocycles. The number of hydrogen-bond donors (Lipinski definition) is 1. The van der Waals surface area contributed by atoms with Gasteiger partial charge in [0, 0.05) is 6.04 Å². The van der Waals surface area contributed by atoms with E-state index in [2.05, 4.69) is 33.0 Å². The van der Waals surface area contributed by atoms with E-state index < -0.39 is 0 Å². The molecule has 0 unspecified atom stereocenters. The molecule has 0 bridgehead atoms. The molecule has 0 atom stereocenters. The highest BCUT2D eigenvalue weighted by molar-refractivity contribution is 5.06. The smallest absolute Gasteiger partial charge is 0.129 e. The Morgan fingerprint density at radius 3 is 2.55 bits per heavy atom. The van der Waals surface area contributed by atoms with Crippen molar-refractivity contribution in [3.8, 4) is 0 Å². The fourth-order valence-corrected chi connectivity index (χ4v) is 2.64. The highest BCUT2D eigenvalue weighted by atomic mass is 16.5. The molecule has 1 aliphatic carbocycles. The quantitative estimate of drug-likeness (QED) is 0.844. The average Bonchev–Trinajstić information content (AvgIpc) is 2.83. The summed E-state index contributed by atoms with van der Waals surface area (Å²) in [5, 5.41) is 3.36. The van der Waals surface area contributed by atoms with Crippen LogP contribution in [0, 0.1) is 5.41 Å². The van der Waals surface area contributed by atoms with Crippen LogP contribution in [0.25, 0.3) is 0 Å². The van der Waals surface area contributed by atoms with Crippen molar-refractivity contribution in [2.75, 3.05) is 0 Å². The SMILES string of the molecule is CC(C)NCc1ccc(COC2CCC(C)(C)CC2)o1. The summed E-state index contributed by atoms with van der Waals surface area (Å²) in [6.45, 7) is 10.4. The summed E-state index contributed by atoms with van der Waals surface area (Å²) >= 11 is 0. The highest BCUT2D eigenvalue weighted by Gasteiger charge is 2.27. The molecule has 0 aliphatic heterocycles. The molecule has 1 aliphatic rings. The van der Waals surface area contributed by atoms with Gasteiger partial charge >= 0.3 is 0 Å². The zero-order valence-corrected chi connectivity index (χ0v) is 13.4. The summed E-state index contributed by atoms with van der Waals surface area (Å²) in [6.07, 6.45) is 5.29. The monoisotopic (exact) mass is 279 g/mol. The first kappa shape index (κ1) is 15.6. The van der Waals surface area contributed by atoms with Gasteiger partial charge in [0.15, 0.2) is 0 Å². The number of nitrogens with one attached hydrogen (secondary N) is 1. The lowest BCUT2D eigenvalue weighted by Crippen LogP contribution is -2.26. The van der Waals surface area contributed by atoms with Gasteiger partial charge in [-0.25, -0.2) is 0 Å². The predicted molar refractivity (Wildman–Crippen MR) is 81.5 cm³/mol. The zero-order chi connectivity index (χ0) is 14.6. The Balaban J connectivity index is 1.72. The van der Waals surface area contributed by atoms with Crippen molar-refractivity contribution in [1.82, 2.24) is 5.32 Å². The second kappa shape index (κ2) is 6.77. The fraction of sp³-hybridized carbons (Fsp3) is 0.765. The second-order valence-corrected chi connectivity index (χ2v) is 7.08. The Morgan fingerprint density at radius 2 is 1.90 bits per heavy atom. The Kier molecular flexibility index (Phi) is 5.28. The third kappa shape index (κ3) is 4.95. The van der Waals surface area contributed by atoms with Crippen molar-refractivity contribution < 1.29 is 9.15 Å². The van der Waals surface area contributed by atoms with E-state index in [0.29, 0.717) is 24.2 Å². The summed E-state index contributed by atoms with van der Waals surface area (Å²) in [6, 6.07) is 4.55. The zero-order valence-electron chi connectivity index (χ0n) is 13.4. The molecule has 0 amide bonds. The van der Waals surface area contributed by atoms with Crippen molar-refractivity contribution in [3.05, 3.63) is 23.7 Å². The molecule has 2 rings (SSSR count). The number of furan rings is 1. The number of rotatable bonds is 6. The summed E-state index contributed by atoms with van der Waals surface area (Å²) in [4.78, 5) is 0. The van der Waals surface area contributed by atoms with Crippen LogP contribution in [0.2, 0.25) is 0 Å². The van der Waals surface area contributed by atoms with E-state index in [1.54, 1.807) is 0 Å². The molecule has 0 radical (unpaired) electrons. The third-order valence-corrected chi connectivity index (χ3v) is 4.15. The van der Waals surface area contributed by atoms with Crippen LogP contribution in [-0.4, -0.2) is 12.1 Å². The third-order valence-electron chi connectivity index (χ3n) is 4.15. The number of ether oxygens (including phenoxy) is 1. The van der Waals surface area contributed by atoms with Gasteiger partial charge in [-0.15, -0.1) is 0 Å². The molecule has 3 nitrogen and oxygen atoms in total. The second-order valence-electron chi connectivity index (χ2n) is 7.08. The molecule has 0 saturated heterocycles. The van der Waals surface area contributed by atoms with Crippen LogP contribution in [0.3, 0.4) is 0 Å². The van der Waals surface area contributed by atoms with Crippen molar-refractivity contribution in [2.24, 2.45) is 5.41 Å². The van der Waals surface area contributed by atoms with Gasteiger partial charge in [-0.3, -0.25) is 0 Å². The highest BCUT2D eigenvalue weighted by Crippen LogP contribution is 2.36. The summed E-state index contributed by atoms with van der Waals surface area (Å²) in [7, 11) is 0. The Hall–Kier alpha value is -0.800. The molecule has 1 aromatic rings. The standard InChI is InChI=1S/C17H29NO2/c1-13(2)18-11-15-5-6-16(20-15)12-19-14-7-9-17(3,4)10-8-14/h5-6,13-14,18H,7-12H2,1-4H3. The van der Waals surface area contributed by atoms with E-state index in [9.17, 15) is 0 Å². The first-order valence-electron chi connectivity index (χ1n) is 7.87. The molecule has 0 spiro atoms. The molecular formula is C17H29NO2. The topological polar surface area (TPSA) is 34.4 Å². The van der Waals surface area contributed by atoms with Crippen molar-refractivity contribution in [3.63, 3.8) is 0 Å². The maximum atomic E-state index is 5.99. The summed E-state index contributed by atoms with van der Waals surface area (Å²) in [5.41, 5.74) is 0.500. The molecule has 3 heteroatoms. The maximum absolute atomic E-state index is 5.99. The van der Waals surface area contributed by atoms with E-state index in [-0.39, 0.29) is 0 Å². The van der Waals surface area contributed by atoms with Gasteiger partial charge in [-0.05, 0) is 43.2 Å². The van der Waals surface area contributed by atoms with Crippen LogP contribution in [-0.2, 0) is 17.9 Å². The molecule has 1 heterocycles. The van der Waals surface area contributed by atoms with E-state index in [4.69, 9.17) is 9.15 Å². The van der Waals surface area contributed by atoms with Gasteiger partial charge in [0.25, 0.3) is 0 Å². The lowest BCUT2D eigenvalue weighted by Gasteiger charge is -2.34. The minimum Gasteiger partial charge on any atom is -0.462 e. The molecule has 20 heavy (non-hydrogen) atoms. The van der Waals surface area contributed by atoms with E-state index in [1.165, 1.54) is 25.7 Å². The Bertz CT molecular complexity index is 399. The number of hydrogen-bond acceptors (Lipinski definition) is 3. The first-order valence-corrected chi connectivity index (χ1v) is 7.87. The molecule has 1 saturated carbocycles. The maximum Gasteiger partial charge on any atom is 0.129 e. The lowest BCUT2D eigenvalue weighted by atomic mass is 9.76. The van der Waals surface area contributed by atoms with Gasteiger partial charge in [-0.1, -0.05) is 27.7 Å². The van der Waals surface area contributed by atoms with Crippen molar-refractivity contribution >= 4 is 0 Å². The normalized spacial score (nSPS) is 19.6. The summed E-state index contributed by atoms with van der Waals surface area (Å²) < 4.78 is 11.8. The van der Waals surface area contributed by atoms with Crippen molar-refractivity contribution in [1.29, 1.82) is 0 Å². The van der Waals surface area contributed by atoms with Gasteiger partial charge in [0.05, 0.1) is 12.6 Å². The van der Waals surface area contributed by atoms with Gasteiger partial charge < -0.3 is 14.5 Å².